The molecular weight excluding hydrogens is 330 g/mol. The van der Waals surface area contributed by atoms with Crippen molar-refractivity contribution in [2.24, 2.45) is 0 Å². The molecule has 0 amide bonds. The summed E-state index contributed by atoms with van der Waals surface area (Å²) in [7, 11) is 0. The van der Waals surface area contributed by atoms with Gasteiger partial charge in [0.25, 0.3) is 0 Å². The molecule has 0 unspecified atom stereocenters. The van der Waals surface area contributed by atoms with E-state index in [-0.39, 0.29) is 12.4 Å². The standard InChI is InChI=1S/C22H27NO.ClH/c1-2-3-4-8-15-24-22-12-11-21-18-23(14-13-20(21)16-22)17-19-9-6-5-7-10-19;/h5-7,9-14,16H,2-4,8,15,17-18H2,1H3;1H. The molecule has 2 aromatic rings. The zero-order valence-corrected chi connectivity index (χ0v) is 15.8. The molecule has 3 rings (SSSR count). The topological polar surface area (TPSA) is 12.5 Å². The van der Waals surface area contributed by atoms with Gasteiger partial charge in [0.15, 0.2) is 0 Å². The predicted octanol–water partition coefficient (Wildman–Crippen LogP) is 6.05. The number of hydrogen-bond donors (Lipinski definition) is 0. The summed E-state index contributed by atoms with van der Waals surface area (Å²) in [5.74, 6) is 0.992. The minimum atomic E-state index is 0. The van der Waals surface area contributed by atoms with Crippen molar-refractivity contribution in [2.45, 2.75) is 45.7 Å². The van der Waals surface area contributed by atoms with Gasteiger partial charge in [-0.05, 0) is 41.3 Å². The number of halogens is 1. The van der Waals surface area contributed by atoms with E-state index in [0.29, 0.717) is 0 Å². The smallest absolute Gasteiger partial charge is 0.119 e. The molecule has 3 heteroatoms. The summed E-state index contributed by atoms with van der Waals surface area (Å²) in [6, 6.07) is 17.1. The highest BCUT2D eigenvalue weighted by Crippen LogP contribution is 2.25. The number of hydrogen-bond acceptors (Lipinski definition) is 2. The minimum absolute atomic E-state index is 0. The Hall–Kier alpha value is -1.93. The molecule has 1 heterocycles. The average Bonchev–Trinajstić information content (AvgIpc) is 2.62. The first-order chi connectivity index (χ1) is 11.8. The normalized spacial score (nSPS) is 12.4. The van der Waals surface area contributed by atoms with Crippen molar-refractivity contribution < 1.29 is 4.74 Å². The second-order valence-corrected chi connectivity index (χ2v) is 6.48. The first kappa shape index (κ1) is 19.4. The SMILES string of the molecule is CCCCCCOc1ccc2c(c1)C=CN(Cc1ccccc1)C2.Cl. The molecule has 1 aliphatic rings. The summed E-state index contributed by atoms with van der Waals surface area (Å²) in [5.41, 5.74) is 4.00. The lowest BCUT2D eigenvalue weighted by atomic mass is 10.0. The van der Waals surface area contributed by atoms with Crippen LogP contribution in [0, 0.1) is 0 Å². The van der Waals surface area contributed by atoms with Crippen LogP contribution in [0.3, 0.4) is 0 Å². The molecule has 0 atom stereocenters. The lowest BCUT2D eigenvalue weighted by molar-refractivity contribution is 0.304. The van der Waals surface area contributed by atoms with E-state index in [1.807, 2.05) is 0 Å². The van der Waals surface area contributed by atoms with E-state index >= 15 is 0 Å². The van der Waals surface area contributed by atoms with Crippen LogP contribution in [-0.4, -0.2) is 11.5 Å². The Labute approximate surface area is 157 Å². The van der Waals surface area contributed by atoms with Gasteiger partial charge >= 0.3 is 0 Å². The van der Waals surface area contributed by atoms with Crippen LogP contribution in [-0.2, 0) is 13.1 Å². The van der Waals surface area contributed by atoms with Gasteiger partial charge in [0, 0.05) is 19.3 Å². The van der Waals surface area contributed by atoms with Crippen LogP contribution in [0.4, 0.5) is 0 Å². The van der Waals surface area contributed by atoms with E-state index in [1.165, 1.54) is 36.0 Å². The third-order valence-corrected chi connectivity index (χ3v) is 4.45. The number of unbranched alkanes of at least 4 members (excludes halogenated alkanes) is 3. The second-order valence-electron chi connectivity index (χ2n) is 6.48. The van der Waals surface area contributed by atoms with Crippen molar-refractivity contribution >= 4 is 18.5 Å². The van der Waals surface area contributed by atoms with Gasteiger partial charge < -0.3 is 9.64 Å². The maximum Gasteiger partial charge on any atom is 0.119 e. The van der Waals surface area contributed by atoms with Crippen LogP contribution in [0.1, 0.15) is 49.3 Å². The zero-order valence-electron chi connectivity index (χ0n) is 15.0. The van der Waals surface area contributed by atoms with Crippen molar-refractivity contribution in [1.29, 1.82) is 0 Å². The number of rotatable bonds is 8. The van der Waals surface area contributed by atoms with Gasteiger partial charge in [-0.2, -0.15) is 0 Å². The third-order valence-electron chi connectivity index (χ3n) is 4.45. The molecule has 0 saturated heterocycles. The Balaban J connectivity index is 0.00000225. The fourth-order valence-corrected chi connectivity index (χ4v) is 3.06. The second kappa shape index (κ2) is 10.1. The summed E-state index contributed by atoms with van der Waals surface area (Å²) in [6.07, 6.45) is 9.37. The van der Waals surface area contributed by atoms with E-state index in [9.17, 15) is 0 Å². The fraction of sp³-hybridized carbons (Fsp3) is 0.364. The van der Waals surface area contributed by atoms with E-state index in [0.717, 1.165) is 31.9 Å². The lowest BCUT2D eigenvalue weighted by Gasteiger charge is -2.25. The number of ether oxygens (including phenoxy) is 1. The molecule has 0 aromatic heterocycles. The van der Waals surface area contributed by atoms with Crippen LogP contribution < -0.4 is 4.74 Å². The molecular formula is C22H28ClNO. The Kier molecular flexibility index (Phi) is 7.87. The minimum Gasteiger partial charge on any atom is -0.494 e. The molecule has 0 spiro atoms. The molecule has 0 N–H and O–H groups in total. The Morgan fingerprint density at radius 3 is 2.64 bits per heavy atom. The van der Waals surface area contributed by atoms with Crippen LogP contribution in [0.5, 0.6) is 5.75 Å². The molecule has 1 aliphatic heterocycles. The maximum atomic E-state index is 5.89. The number of fused-ring (bicyclic) bond motifs is 1. The molecule has 134 valence electrons. The molecule has 0 saturated carbocycles. The summed E-state index contributed by atoms with van der Waals surface area (Å²) in [4.78, 5) is 2.35. The van der Waals surface area contributed by atoms with E-state index in [2.05, 4.69) is 72.6 Å². The van der Waals surface area contributed by atoms with Crippen molar-refractivity contribution in [3.63, 3.8) is 0 Å². The maximum absolute atomic E-state index is 5.89. The summed E-state index contributed by atoms with van der Waals surface area (Å²) < 4.78 is 5.89. The first-order valence-electron chi connectivity index (χ1n) is 9.07. The number of benzene rings is 2. The van der Waals surface area contributed by atoms with Gasteiger partial charge in [-0.3, -0.25) is 0 Å². The lowest BCUT2D eigenvalue weighted by Crippen LogP contribution is -2.19. The Morgan fingerprint density at radius 1 is 1.00 bits per heavy atom. The quantitative estimate of drug-likeness (QED) is 0.533. The summed E-state index contributed by atoms with van der Waals surface area (Å²) in [5, 5.41) is 0. The zero-order chi connectivity index (χ0) is 16.6. The predicted molar refractivity (Wildman–Crippen MR) is 108 cm³/mol. The highest BCUT2D eigenvalue weighted by atomic mass is 35.5. The van der Waals surface area contributed by atoms with Crippen LogP contribution in [0.2, 0.25) is 0 Å². The highest BCUT2D eigenvalue weighted by molar-refractivity contribution is 5.85. The molecule has 0 aliphatic carbocycles. The van der Waals surface area contributed by atoms with E-state index in [1.54, 1.807) is 0 Å². The first-order valence-corrected chi connectivity index (χ1v) is 9.07. The Morgan fingerprint density at radius 2 is 1.84 bits per heavy atom. The fourth-order valence-electron chi connectivity index (χ4n) is 3.06. The van der Waals surface area contributed by atoms with Gasteiger partial charge in [-0.25, -0.2) is 0 Å². The van der Waals surface area contributed by atoms with E-state index in [4.69, 9.17) is 4.74 Å². The van der Waals surface area contributed by atoms with Crippen LogP contribution >= 0.6 is 12.4 Å². The molecule has 0 fully saturated rings. The monoisotopic (exact) mass is 357 g/mol. The molecule has 25 heavy (non-hydrogen) atoms. The molecule has 2 nitrogen and oxygen atoms in total. The van der Waals surface area contributed by atoms with Gasteiger partial charge in [0.2, 0.25) is 0 Å². The van der Waals surface area contributed by atoms with Crippen molar-refractivity contribution in [1.82, 2.24) is 4.90 Å². The molecule has 0 bridgehead atoms. The van der Waals surface area contributed by atoms with E-state index < -0.39 is 0 Å². The van der Waals surface area contributed by atoms with Gasteiger partial charge in [-0.1, -0.05) is 62.6 Å². The van der Waals surface area contributed by atoms with Crippen LogP contribution in [0.15, 0.2) is 54.7 Å². The summed E-state index contributed by atoms with van der Waals surface area (Å²) >= 11 is 0. The van der Waals surface area contributed by atoms with Gasteiger partial charge in [0.05, 0.1) is 6.61 Å². The highest BCUT2D eigenvalue weighted by Gasteiger charge is 2.11. The van der Waals surface area contributed by atoms with Crippen LogP contribution in [0.25, 0.3) is 6.08 Å². The molecule has 2 aromatic carbocycles. The largest absolute Gasteiger partial charge is 0.494 e. The van der Waals surface area contributed by atoms with Crippen molar-refractivity contribution in [3.05, 3.63) is 71.4 Å². The third kappa shape index (κ3) is 5.82. The number of nitrogens with zero attached hydrogens (tertiary/aromatic N) is 1. The Bertz CT molecular complexity index is 669. The van der Waals surface area contributed by atoms with Gasteiger partial charge in [-0.15, -0.1) is 12.4 Å². The molecule has 0 radical (unpaired) electrons. The van der Waals surface area contributed by atoms with Crippen molar-refractivity contribution in [2.75, 3.05) is 6.61 Å². The average molecular weight is 358 g/mol. The van der Waals surface area contributed by atoms with Gasteiger partial charge in [0.1, 0.15) is 5.75 Å². The van der Waals surface area contributed by atoms with Crippen molar-refractivity contribution in [3.8, 4) is 5.75 Å². The summed E-state index contributed by atoms with van der Waals surface area (Å²) in [6.45, 7) is 4.96.